The zero-order chi connectivity index (χ0) is 12.9. The summed E-state index contributed by atoms with van der Waals surface area (Å²) in [5.41, 5.74) is 1.18. The van der Waals surface area contributed by atoms with Gasteiger partial charge in [0.05, 0.1) is 4.90 Å². The van der Waals surface area contributed by atoms with Crippen LogP contribution in [-0.2, 0) is 16.4 Å². The Morgan fingerprint density at radius 3 is 2.24 bits per heavy atom. The number of hydrogen-bond donors (Lipinski definition) is 1. The maximum absolute atomic E-state index is 12.0. The topological polar surface area (TPSA) is 46.2 Å². The minimum absolute atomic E-state index is 0.0321. The number of aryl methyl sites for hydroxylation is 1. The van der Waals surface area contributed by atoms with Crippen LogP contribution in [-0.4, -0.2) is 14.5 Å². The lowest BCUT2D eigenvalue weighted by atomic mass is 10.1. The van der Waals surface area contributed by atoms with E-state index in [0.717, 1.165) is 19.3 Å². The van der Waals surface area contributed by atoms with Crippen LogP contribution in [0.5, 0.6) is 0 Å². The highest BCUT2D eigenvalue weighted by Gasteiger charge is 2.15. The van der Waals surface area contributed by atoms with Crippen LogP contribution in [0.2, 0.25) is 0 Å². The highest BCUT2D eigenvalue weighted by molar-refractivity contribution is 7.89. The Morgan fingerprint density at radius 2 is 1.76 bits per heavy atom. The van der Waals surface area contributed by atoms with Crippen LogP contribution >= 0.6 is 0 Å². The molecule has 0 aromatic heterocycles. The van der Waals surface area contributed by atoms with E-state index in [4.69, 9.17) is 0 Å². The van der Waals surface area contributed by atoms with Crippen molar-refractivity contribution in [2.24, 2.45) is 0 Å². The summed E-state index contributed by atoms with van der Waals surface area (Å²) in [6, 6.07) is 7.09. The fourth-order valence-electron chi connectivity index (χ4n) is 1.54. The van der Waals surface area contributed by atoms with Gasteiger partial charge < -0.3 is 0 Å². The van der Waals surface area contributed by atoms with Crippen molar-refractivity contribution in [2.75, 3.05) is 0 Å². The molecular weight excluding hydrogens is 234 g/mol. The van der Waals surface area contributed by atoms with Gasteiger partial charge in [-0.1, -0.05) is 32.4 Å². The molecule has 0 bridgehead atoms. The molecular formula is C13H21NO2S. The maximum Gasteiger partial charge on any atom is 0.240 e. The van der Waals surface area contributed by atoms with E-state index in [-0.39, 0.29) is 6.04 Å². The predicted octanol–water partition coefficient (Wildman–Crippen LogP) is 2.72. The average Bonchev–Trinajstić information content (AvgIpc) is 2.29. The molecule has 4 heteroatoms. The molecule has 1 aromatic rings. The molecule has 0 spiro atoms. The van der Waals surface area contributed by atoms with Crippen LogP contribution in [0.4, 0.5) is 0 Å². The second-order valence-corrected chi connectivity index (χ2v) is 6.04. The molecule has 0 heterocycles. The van der Waals surface area contributed by atoms with Crippen LogP contribution in [0, 0.1) is 0 Å². The average molecular weight is 255 g/mol. The summed E-state index contributed by atoms with van der Waals surface area (Å²) in [6.45, 7) is 5.93. The van der Waals surface area contributed by atoms with E-state index in [0.29, 0.717) is 4.90 Å². The molecule has 96 valence electrons. The summed E-state index contributed by atoms with van der Waals surface area (Å²) in [7, 11) is -3.35. The third kappa shape index (κ3) is 4.13. The second kappa shape index (κ2) is 6.17. The summed E-state index contributed by atoms with van der Waals surface area (Å²) in [6.07, 6.45) is 2.84. The molecule has 1 N–H and O–H groups in total. The smallest absolute Gasteiger partial charge is 0.208 e. The van der Waals surface area contributed by atoms with Gasteiger partial charge in [0, 0.05) is 6.04 Å². The summed E-state index contributed by atoms with van der Waals surface area (Å²) in [5, 5.41) is 0. The summed E-state index contributed by atoms with van der Waals surface area (Å²) < 4.78 is 26.6. The lowest BCUT2D eigenvalue weighted by Gasteiger charge is -2.12. The van der Waals surface area contributed by atoms with Gasteiger partial charge in [-0.3, -0.25) is 0 Å². The van der Waals surface area contributed by atoms with E-state index in [2.05, 4.69) is 11.6 Å². The monoisotopic (exact) mass is 255 g/mol. The van der Waals surface area contributed by atoms with Crippen molar-refractivity contribution < 1.29 is 8.42 Å². The molecule has 1 atom stereocenters. The molecule has 1 unspecified atom stereocenters. The molecule has 0 amide bonds. The molecule has 17 heavy (non-hydrogen) atoms. The molecule has 0 saturated heterocycles. The lowest BCUT2D eigenvalue weighted by Crippen LogP contribution is -2.31. The van der Waals surface area contributed by atoms with Gasteiger partial charge in [0.15, 0.2) is 0 Å². The molecule has 0 fully saturated rings. The Labute approximate surface area is 104 Å². The van der Waals surface area contributed by atoms with Crippen molar-refractivity contribution >= 4 is 10.0 Å². The Morgan fingerprint density at radius 1 is 1.18 bits per heavy atom. The first kappa shape index (κ1) is 14.2. The minimum Gasteiger partial charge on any atom is -0.208 e. The number of sulfonamides is 1. The molecule has 1 aromatic carbocycles. The second-order valence-electron chi connectivity index (χ2n) is 4.32. The van der Waals surface area contributed by atoms with E-state index in [1.165, 1.54) is 5.56 Å². The van der Waals surface area contributed by atoms with Gasteiger partial charge in [0.25, 0.3) is 0 Å². The highest BCUT2D eigenvalue weighted by atomic mass is 32.2. The van der Waals surface area contributed by atoms with Crippen molar-refractivity contribution in [3.63, 3.8) is 0 Å². The maximum atomic E-state index is 12.0. The number of rotatable bonds is 6. The summed E-state index contributed by atoms with van der Waals surface area (Å²) in [5.74, 6) is 0. The molecule has 0 aliphatic heterocycles. The zero-order valence-electron chi connectivity index (χ0n) is 10.7. The molecule has 3 nitrogen and oxygen atoms in total. The van der Waals surface area contributed by atoms with Crippen LogP contribution < -0.4 is 4.72 Å². The third-order valence-corrected chi connectivity index (χ3v) is 4.35. The van der Waals surface area contributed by atoms with Gasteiger partial charge in [0.2, 0.25) is 10.0 Å². The molecule has 0 aliphatic rings. The van der Waals surface area contributed by atoms with Gasteiger partial charge in [-0.15, -0.1) is 0 Å². The molecule has 0 saturated carbocycles. The summed E-state index contributed by atoms with van der Waals surface area (Å²) >= 11 is 0. The molecule has 1 rings (SSSR count). The van der Waals surface area contributed by atoms with Crippen molar-refractivity contribution in [3.8, 4) is 0 Å². The third-order valence-electron chi connectivity index (χ3n) is 2.74. The van der Waals surface area contributed by atoms with Crippen LogP contribution in [0.1, 0.15) is 39.2 Å². The fraction of sp³-hybridized carbons (Fsp3) is 0.538. The van der Waals surface area contributed by atoms with Crippen molar-refractivity contribution in [1.29, 1.82) is 0 Å². The number of hydrogen-bond acceptors (Lipinski definition) is 2. The fourth-order valence-corrected chi connectivity index (χ4v) is 2.87. The highest BCUT2D eigenvalue weighted by Crippen LogP contribution is 2.12. The largest absolute Gasteiger partial charge is 0.240 e. The Hall–Kier alpha value is -0.870. The Kier molecular flexibility index (Phi) is 5.15. The van der Waals surface area contributed by atoms with Gasteiger partial charge in [-0.2, -0.15) is 0 Å². The van der Waals surface area contributed by atoms with E-state index >= 15 is 0 Å². The SMILES string of the molecule is CCCc1ccc(S(=O)(=O)NC(C)CC)cc1. The van der Waals surface area contributed by atoms with Crippen molar-refractivity contribution in [1.82, 2.24) is 4.72 Å². The van der Waals surface area contributed by atoms with Crippen LogP contribution in [0.25, 0.3) is 0 Å². The van der Waals surface area contributed by atoms with E-state index < -0.39 is 10.0 Å². The van der Waals surface area contributed by atoms with Crippen molar-refractivity contribution in [2.45, 2.75) is 51.0 Å². The molecule has 0 radical (unpaired) electrons. The van der Waals surface area contributed by atoms with E-state index in [1.54, 1.807) is 12.1 Å². The van der Waals surface area contributed by atoms with Gasteiger partial charge in [-0.25, -0.2) is 13.1 Å². The van der Waals surface area contributed by atoms with Gasteiger partial charge in [0.1, 0.15) is 0 Å². The first-order valence-corrected chi connectivity index (χ1v) is 7.59. The van der Waals surface area contributed by atoms with E-state index in [1.807, 2.05) is 26.0 Å². The first-order valence-electron chi connectivity index (χ1n) is 6.10. The normalized spacial score (nSPS) is 13.6. The number of benzene rings is 1. The van der Waals surface area contributed by atoms with Gasteiger partial charge >= 0.3 is 0 Å². The van der Waals surface area contributed by atoms with Gasteiger partial charge in [-0.05, 0) is 37.5 Å². The summed E-state index contributed by atoms with van der Waals surface area (Å²) in [4.78, 5) is 0.345. The minimum atomic E-state index is -3.35. The lowest BCUT2D eigenvalue weighted by molar-refractivity contribution is 0.556. The predicted molar refractivity (Wildman–Crippen MR) is 70.5 cm³/mol. The molecule has 0 aliphatic carbocycles. The first-order chi connectivity index (χ1) is 7.99. The van der Waals surface area contributed by atoms with Crippen LogP contribution in [0.15, 0.2) is 29.2 Å². The van der Waals surface area contributed by atoms with Crippen LogP contribution in [0.3, 0.4) is 0 Å². The Bertz CT molecular complexity index is 437. The zero-order valence-corrected chi connectivity index (χ0v) is 11.5. The Balaban J connectivity index is 2.85. The quantitative estimate of drug-likeness (QED) is 0.849. The van der Waals surface area contributed by atoms with Crippen molar-refractivity contribution in [3.05, 3.63) is 29.8 Å². The standard InChI is InChI=1S/C13H21NO2S/c1-4-6-12-7-9-13(10-8-12)17(15,16)14-11(3)5-2/h7-11,14H,4-6H2,1-3H3. The van der Waals surface area contributed by atoms with E-state index in [9.17, 15) is 8.42 Å². The number of nitrogens with one attached hydrogen (secondary N) is 1.